The average Bonchev–Trinajstić information content (AvgIpc) is 3.14. The molecule has 0 aliphatic rings. The molecule has 0 aliphatic carbocycles. The van der Waals surface area contributed by atoms with Crippen molar-refractivity contribution in [3.63, 3.8) is 0 Å². The molecule has 1 amide bonds. The molecule has 0 fully saturated rings. The predicted octanol–water partition coefficient (Wildman–Crippen LogP) is 3.29. The fourth-order valence-corrected chi connectivity index (χ4v) is 3.05. The molecule has 0 unspecified atom stereocenters. The number of aromatic nitrogens is 2. The Morgan fingerprint density at radius 1 is 1.38 bits per heavy atom. The number of aryl methyl sites for hydroxylation is 1. The Labute approximate surface area is 145 Å². The van der Waals surface area contributed by atoms with Crippen LogP contribution in [-0.4, -0.2) is 21.7 Å². The van der Waals surface area contributed by atoms with Crippen molar-refractivity contribution >= 4 is 17.2 Å². The van der Waals surface area contributed by atoms with Crippen molar-refractivity contribution in [3.8, 4) is 10.8 Å². The second kappa shape index (κ2) is 8.82. The van der Waals surface area contributed by atoms with E-state index in [1.54, 1.807) is 0 Å². The number of nitrogens with zero attached hydrogens (tertiary/aromatic N) is 2. The summed E-state index contributed by atoms with van der Waals surface area (Å²) in [6, 6.07) is 3.85. The van der Waals surface area contributed by atoms with E-state index in [1.807, 2.05) is 24.4 Å². The summed E-state index contributed by atoms with van der Waals surface area (Å²) in [5.41, 5.74) is 0. The van der Waals surface area contributed by atoms with Gasteiger partial charge in [-0.3, -0.25) is 4.79 Å². The highest BCUT2D eigenvalue weighted by molar-refractivity contribution is 7.13. The van der Waals surface area contributed by atoms with Gasteiger partial charge in [0.25, 0.3) is 5.89 Å². The van der Waals surface area contributed by atoms with Gasteiger partial charge in [-0.1, -0.05) is 32.8 Å². The van der Waals surface area contributed by atoms with Crippen molar-refractivity contribution in [2.45, 2.75) is 59.0 Å². The highest BCUT2D eigenvalue weighted by atomic mass is 32.1. The average molecular weight is 351 g/mol. The summed E-state index contributed by atoms with van der Waals surface area (Å²) in [6.45, 7) is 6.63. The number of carbonyl (C=O) groups is 1. The van der Waals surface area contributed by atoms with E-state index in [1.165, 1.54) is 22.4 Å². The van der Waals surface area contributed by atoms with Gasteiger partial charge in [0.1, 0.15) is 0 Å². The fourth-order valence-electron chi connectivity index (χ4n) is 2.41. The summed E-state index contributed by atoms with van der Waals surface area (Å²) in [5.74, 6) is 0.387. The maximum atomic E-state index is 12.0. The van der Waals surface area contributed by atoms with Gasteiger partial charge in [0.2, 0.25) is 5.91 Å². The van der Waals surface area contributed by atoms with E-state index in [2.05, 4.69) is 24.3 Å². The third kappa shape index (κ3) is 5.63. The van der Waals surface area contributed by atoms with Gasteiger partial charge in [-0.25, -0.2) is 4.79 Å². The van der Waals surface area contributed by atoms with Crippen molar-refractivity contribution in [3.05, 3.63) is 28.1 Å². The highest BCUT2D eigenvalue weighted by Crippen LogP contribution is 2.21. The molecule has 6 nitrogen and oxygen atoms in total. The molecule has 0 aromatic carbocycles. The lowest BCUT2D eigenvalue weighted by molar-refractivity contribution is -0.122. The lowest BCUT2D eigenvalue weighted by Gasteiger charge is -2.14. The summed E-state index contributed by atoms with van der Waals surface area (Å²) in [6.07, 6.45) is 3.45. The number of rotatable bonds is 9. The molecule has 2 heterocycles. The topological polar surface area (TPSA) is 77.1 Å². The van der Waals surface area contributed by atoms with Gasteiger partial charge in [0.15, 0.2) is 0 Å². The predicted molar refractivity (Wildman–Crippen MR) is 95.0 cm³/mol. The monoisotopic (exact) mass is 351 g/mol. The second-order valence-corrected chi connectivity index (χ2v) is 7.36. The number of nitrogens with one attached hydrogen (secondary N) is 1. The zero-order valence-electron chi connectivity index (χ0n) is 14.4. The van der Waals surface area contributed by atoms with Crippen LogP contribution in [0.4, 0.5) is 0 Å². The standard InChI is InChI=1S/C17H25N3O3S/c1-12(2)6-4-7-13(3)18-15(21)9-10-20-17(22)23-16(19-20)14-8-5-11-24-14/h5,8,11-13H,4,6-7,9-10H2,1-3H3,(H,18,21)/t13-/m0/s1. The summed E-state index contributed by atoms with van der Waals surface area (Å²) >= 11 is 1.45. The number of thiophene rings is 1. The van der Waals surface area contributed by atoms with Crippen LogP contribution < -0.4 is 11.1 Å². The van der Waals surface area contributed by atoms with E-state index in [0.29, 0.717) is 11.8 Å². The van der Waals surface area contributed by atoms with Gasteiger partial charge in [-0.05, 0) is 30.7 Å². The van der Waals surface area contributed by atoms with E-state index in [-0.39, 0.29) is 24.9 Å². The van der Waals surface area contributed by atoms with Crippen molar-refractivity contribution in [1.82, 2.24) is 15.1 Å². The number of hydrogen-bond acceptors (Lipinski definition) is 5. The number of amides is 1. The number of hydrogen-bond donors (Lipinski definition) is 1. The minimum absolute atomic E-state index is 0.0698. The molecule has 0 radical (unpaired) electrons. The largest absolute Gasteiger partial charge is 0.437 e. The normalized spacial score (nSPS) is 12.5. The molecular weight excluding hydrogens is 326 g/mol. The quantitative estimate of drug-likeness (QED) is 0.752. The Kier molecular flexibility index (Phi) is 6.78. The lowest BCUT2D eigenvalue weighted by atomic mass is 10.0. The van der Waals surface area contributed by atoms with E-state index < -0.39 is 5.76 Å². The molecule has 1 N–H and O–H groups in total. The molecule has 0 bridgehead atoms. The molecule has 2 aromatic heterocycles. The van der Waals surface area contributed by atoms with Crippen LogP contribution in [0.2, 0.25) is 0 Å². The first-order chi connectivity index (χ1) is 11.5. The lowest BCUT2D eigenvalue weighted by Crippen LogP contribution is -2.33. The Morgan fingerprint density at radius 2 is 2.17 bits per heavy atom. The van der Waals surface area contributed by atoms with Crippen molar-refractivity contribution < 1.29 is 9.21 Å². The summed E-state index contributed by atoms with van der Waals surface area (Å²) in [7, 11) is 0. The Morgan fingerprint density at radius 3 is 2.83 bits per heavy atom. The van der Waals surface area contributed by atoms with Crippen LogP contribution in [0.1, 0.15) is 46.5 Å². The van der Waals surface area contributed by atoms with E-state index >= 15 is 0 Å². The second-order valence-electron chi connectivity index (χ2n) is 6.42. The molecule has 0 aliphatic heterocycles. The van der Waals surface area contributed by atoms with E-state index in [0.717, 1.165) is 17.7 Å². The Balaban J connectivity index is 1.79. The smallest absolute Gasteiger partial charge is 0.387 e. The molecule has 2 aromatic rings. The van der Waals surface area contributed by atoms with Crippen LogP contribution in [0.15, 0.2) is 26.7 Å². The molecule has 0 saturated carbocycles. The van der Waals surface area contributed by atoms with Crippen LogP contribution in [0.3, 0.4) is 0 Å². The van der Waals surface area contributed by atoms with Crippen LogP contribution >= 0.6 is 11.3 Å². The van der Waals surface area contributed by atoms with Crippen molar-refractivity contribution in [2.24, 2.45) is 5.92 Å². The van der Waals surface area contributed by atoms with Gasteiger partial charge in [0, 0.05) is 12.5 Å². The molecule has 0 spiro atoms. The first-order valence-corrected chi connectivity index (χ1v) is 9.25. The van der Waals surface area contributed by atoms with Crippen molar-refractivity contribution in [1.29, 1.82) is 0 Å². The van der Waals surface area contributed by atoms with Gasteiger partial charge in [0.05, 0.1) is 11.4 Å². The van der Waals surface area contributed by atoms with Gasteiger partial charge >= 0.3 is 5.76 Å². The third-order valence-corrected chi connectivity index (χ3v) is 4.57. The maximum Gasteiger partial charge on any atom is 0.437 e. The molecule has 7 heteroatoms. The minimum atomic E-state index is -0.531. The molecule has 1 atom stereocenters. The summed E-state index contributed by atoms with van der Waals surface area (Å²) < 4.78 is 6.33. The zero-order valence-corrected chi connectivity index (χ0v) is 15.3. The van der Waals surface area contributed by atoms with Crippen LogP contribution in [0.5, 0.6) is 0 Å². The summed E-state index contributed by atoms with van der Waals surface area (Å²) in [5, 5.41) is 9.00. The van der Waals surface area contributed by atoms with Gasteiger partial charge in [-0.2, -0.15) is 4.68 Å². The molecular formula is C17H25N3O3S. The SMILES string of the molecule is CC(C)CCC[C@H](C)NC(=O)CCn1nc(-c2cccs2)oc1=O. The van der Waals surface area contributed by atoms with E-state index in [9.17, 15) is 9.59 Å². The zero-order chi connectivity index (χ0) is 17.5. The Bertz CT molecular complexity index is 688. The minimum Gasteiger partial charge on any atom is -0.387 e. The fraction of sp³-hybridized carbons (Fsp3) is 0.588. The first-order valence-electron chi connectivity index (χ1n) is 8.37. The van der Waals surface area contributed by atoms with Crippen LogP contribution in [-0.2, 0) is 11.3 Å². The van der Waals surface area contributed by atoms with Gasteiger partial charge < -0.3 is 9.73 Å². The molecule has 132 valence electrons. The van der Waals surface area contributed by atoms with Crippen LogP contribution in [0.25, 0.3) is 10.8 Å². The third-order valence-electron chi connectivity index (χ3n) is 3.71. The molecule has 2 rings (SSSR count). The van der Waals surface area contributed by atoms with Gasteiger partial charge in [-0.15, -0.1) is 16.4 Å². The summed E-state index contributed by atoms with van der Waals surface area (Å²) in [4.78, 5) is 24.6. The van der Waals surface area contributed by atoms with Crippen LogP contribution in [0, 0.1) is 5.92 Å². The van der Waals surface area contributed by atoms with Crippen molar-refractivity contribution in [2.75, 3.05) is 0 Å². The molecule has 24 heavy (non-hydrogen) atoms. The Hall–Kier alpha value is -1.89. The van der Waals surface area contributed by atoms with E-state index in [4.69, 9.17) is 4.42 Å². The highest BCUT2D eigenvalue weighted by Gasteiger charge is 2.13. The first kappa shape index (κ1) is 18.4. The molecule has 0 saturated heterocycles. The maximum absolute atomic E-state index is 12.0. The number of carbonyl (C=O) groups excluding carboxylic acids is 1.